The van der Waals surface area contributed by atoms with Gasteiger partial charge in [-0.3, -0.25) is 4.79 Å². The summed E-state index contributed by atoms with van der Waals surface area (Å²) in [5.74, 6) is -0.694. The molecule has 2 aromatic carbocycles. The van der Waals surface area contributed by atoms with Crippen LogP contribution in [-0.2, 0) is 11.3 Å². The van der Waals surface area contributed by atoms with Gasteiger partial charge in [-0.1, -0.05) is 35.3 Å². The van der Waals surface area contributed by atoms with Crippen molar-refractivity contribution in [2.45, 2.75) is 6.54 Å². The lowest BCUT2D eigenvalue weighted by molar-refractivity contribution is -1.02. The van der Waals surface area contributed by atoms with Crippen LogP contribution in [-0.4, -0.2) is 38.6 Å². The Morgan fingerprint density at radius 3 is 2.23 bits per heavy atom. The van der Waals surface area contributed by atoms with Crippen molar-refractivity contribution in [3.8, 4) is 0 Å². The average molecular weight is 398 g/mol. The first-order valence-electron chi connectivity index (χ1n) is 8.66. The highest BCUT2D eigenvalue weighted by molar-refractivity contribution is 6.30. The van der Waals surface area contributed by atoms with Crippen LogP contribution in [0.4, 0.5) is 10.1 Å². The minimum Gasteiger partial charge on any atom is -0.322 e. The van der Waals surface area contributed by atoms with E-state index in [1.54, 1.807) is 6.07 Å². The summed E-state index contributed by atoms with van der Waals surface area (Å²) in [5, 5.41) is 3.69. The fourth-order valence-electron chi connectivity index (χ4n) is 3.21. The standard InChI is InChI=1S/C19H20Cl2FN3O/c20-15-3-1-14(2-4-15)12-24-7-9-25(10-8-24)13-19(26)23-18-6-5-16(21)11-17(18)22/h1-6,11H,7-10,12-13H2,(H,23,26)/p+2. The molecule has 0 aliphatic carbocycles. The Morgan fingerprint density at radius 2 is 1.58 bits per heavy atom. The number of hydrogen-bond donors (Lipinski definition) is 3. The predicted molar refractivity (Wildman–Crippen MR) is 101 cm³/mol. The summed E-state index contributed by atoms with van der Waals surface area (Å²) in [7, 11) is 0. The Morgan fingerprint density at radius 1 is 0.962 bits per heavy atom. The summed E-state index contributed by atoms with van der Waals surface area (Å²) in [4.78, 5) is 14.9. The van der Waals surface area contributed by atoms with E-state index in [2.05, 4.69) is 17.4 Å². The number of carbonyl (C=O) groups is 1. The first-order chi connectivity index (χ1) is 12.5. The van der Waals surface area contributed by atoms with Crippen LogP contribution in [0.1, 0.15) is 5.56 Å². The minimum atomic E-state index is -0.516. The van der Waals surface area contributed by atoms with Crippen molar-refractivity contribution in [3.05, 3.63) is 63.9 Å². The monoisotopic (exact) mass is 397 g/mol. The molecule has 1 fully saturated rings. The van der Waals surface area contributed by atoms with E-state index in [0.717, 1.165) is 37.7 Å². The Kier molecular flexibility index (Phi) is 6.48. The highest BCUT2D eigenvalue weighted by atomic mass is 35.5. The number of anilines is 1. The average Bonchev–Trinajstić information content (AvgIpc) is 2.61. The highest BCUT2D eigenvalue weighted by Crippen LogP contribution is 2.18. The van der Waals surface area contributed by atoms with E-state index < -0.39 is 5.82 Å². The maximum Gasteiger partial charge on any atom is 0.279 e. The van der Waals surface area contributed by atoms with Crippen molar-refractivity contribution in [2.75, 3.05) is 38.0 Å². The number of nitrogens with one attached hydrogen (secondary N) is 3. The SMILES string of the molecule is O=C(C[NH+]1CC[NH+](Cc2ccc(Cl)cc2)CC1)Nc1ccc(Cl)cc1F. The van der Waals surface area contributed by atoms with Gasteiger partial charge in [-0.05, 0) is 30.3 Å². The first-order valence-corrected chi connectivity index (χ1v) is 9.41. The zero-order chi connectivity index (χ0) is 18.5. The maximum absolute atomic E-state index is 13.8. The molecule has 2 aromatic rings. The molecule has 7 heteroatoms. The normalized spacial score (nSPS) is 20.0. The molecule has 1 heterocycles. The third kappa shape index (κ3) is 5.42. The van der Waals surface area contributed by atoms with E-state index in [-0.39, 0.29) is 11.6 Å². The lowest BCUT2D eigenvalue weighted by atomic mass is 10.2. The summed E-state index contributed by atoms with van der Waals surface area (Å²) in [6.07, 6.45) is 0. The smallest absolute Gasteiger partial charge is 0.279 e. The van der Waals surface area contributed by atoms with Gasteiger partial charge < -0.3 is 15.1 Å². The van der Waals surface area contributed by atoms with Gasteiger partial charge in [0.2, 0.25) is 0 Å². The number of quaternary nitrogens is 2. The zero-order valence-corrected chi connectivity index (χ0v) is 15.8. The van der Waals surface area contributed by atoms with Crippen molar-refractivity contribution < 1.29 is 19.0 Å². The number of halogens is 3. The Bertz CT molecular complexity index is 762. The molecule has 0 saturated carbocycles. The Balaban J connectivity index is 1.44. The van der Waals surface area contributed by atoms with Crippen LogP contribution in [0.25, 0.3) is 0 Å². The quantitative estimate of drug-likeness (QED) is 0.693. The van der Waals surface area contributed by atoms with Gasteiger partial charge in [0.1, 0.15) is 38.5 Å². The van der Waals surface area contributed by atoms with Crippen LogP contribution in [0.2, 0.25) is 10.0 Å². The summed E-state index contributed by atoms with van der Waals surface area (Å²) >= 11 is 11.6. The molecule has 1 amide bonds. The van der Waals surface area contributed by atoms with Crippen LogP contribution in [0.5, 0.6) is 0 Å². The molecule has 1 saturated heterocycles. The second-order valence-corrected chi connectivity index (χ2v) is 7.53. The third-order valence-electron chi connectivity index (χ3n) is 4.65. The van der Waals surface area contributed by atoms with E-state index in [4.69, 9.17) is 23.2 Å². The third-order valence-corrected chi connectivity index (χ3v) is 5.13. The van der Waals surface area contributed by atoms with Crippen molar-refractivity contribution in [1.29, 1.82) is 0 Å². The molecular formula is C19H22Cl2FN3O+2. The molecular weight excluding hydrogens is 376 g/mol. The van der Waals surface area contributed by atoms with Crippen LogP contribution >= 0.6 is 23.2 Å². The molecule has 0 spiro atoms. The van der Waals surface area contributed by atoms with Crippen molar-refractivity contribution >= 4 is 34.8 Å². The largest absolute Gasteiger partial charge is 0.322 e. The molecule has 0 radical (unpaired) electrons. The number of hydrogen-bond acceptors (Lipinski definition) is 1. The van der Waals surface area contributed by atoms with Gasteiger partial charge in [-0.2, -0.15) is 0 Å². The fraction of sp³-hybridized carbons (Fsp3) is 0.316. The molecule has 0 unspecified atom stereocenters. The maximum atomic E-state index is 13.8. The molecule has 1 aliphatic rings. The summed E-state index contributed by atoms with van der Waals surface area (Å²) in [6.45, 7) is 5.14. The fourth-order valence-corrected chi connectivity index (χ4v) is 3.50. The topological polar surface area (TPSA) is 38.0 Å². The molecule has 0 atom stereocenters. The molecule has 138 valence electrons. The van der Waals surface area contributed by atoms with Crippen LogP contribution < -0.4 is 15.1 Å². The number of carbonyl (C=O) groups excluding carboxylic acids is 1. The summed E-state index contributed by atoms with van der Waals surface area (Å²) in [6, 6.07) is 12.2. The molecule has 3 N–H and O–H groups in total. The molecule has 26 heavy (non-hydrogen) atoms. The highest BCUT2D eigenvalue weighted by Gasteiger charge is 2.25. The van der Waals surface area contributed by atoms with E-state index in [1.807, 2.05) is 12.1 Å². The van der Waals surface area contributed by atoms with Gasteiger partial charge in [-0.25, -0.2) is 4.39 Å². The molecule has 4 nitrogen and oxygen atoms in total. The van der Waals surface area contributed by atoms with Crippen LogP contribution in [0.3, 0.4) is 0 Å². The number of amides is 1. The van der Waals surface area contributed by atoms with Gasteiger partial charge in [0.25, 0.3) is 5.91 Å². The Labute approximate surface area is 162 Å². The molecule has 3 rings (SSSR count). The predicted octanol–water partition coefficient (Wildman–Crippen LogP) is 1.05. The van der Waals surface area contributed by atoms with Crippen molar-refractivity contribution in [3.63, 3.8) is 0 Å². The first kappa shape index (κ1) is 19.1. The molecule has 0 bridgehead atoms. The Hall–Kier alpha value is -1.66. The summed E-state index contributed by atoms with van der Waals surface area (Å²) < 4.78 is 13.8. The molecule has 0 aromatic heterocycles. The second kappa shape index (κ2) is 8.82. The number of piperazine rings is 1. The van der Waals surface area contributed by atoms with Crippen molar-refractivity contribution in [2.24, 2.45) is 0 Å². The van der Waals surface area contributed by atoms with Gasteiger partial charge in [-0.15, -0.1) is 0 Å². The number of rotatable bonds is 5. The van der Waals surface area contributed by atoms with Gasteiger partial charge in [0.05, 0.1) is 5.69 Å². The lowest BCUT2D eigenvalue weighted by Crippen LogP contribution is -3.28. The van der Waals surface area contributed by atoms with E-state index >= 15 is 0 Å². The molecule has 1 aliphatic heterocycles. The van der Waals surface area contributed by atoms with Gasteiger partial charge in [0, 0.05) is 15.6 Å². The van der Waals surface area contributed by atoms with Crippen LogP contribution in [0, 0.1) is 5.82 Å². The zero-order valence-electron chi connectivity index (χ0n) is 14.3. The summed E-state index contributed by atoms with van der Waals surface area (Å²) in [5.41, 5.74) is 1.44. The van der Waals surface area contributed by atoms with Gasteiger partial charge in [0.15, 0.2) is 6.54 Å². The van der Waals surface area contributed by atoms with Gasteiger partial charge >= 0.3 is 0 Å². The second-order valence-electron chi connectivity index (χ2n) is 6.65. The minimum absolute atomic E-state index is 0.172. The van der Waals surface area contributed by atoms with E-state index in [9.17, 15) is 9.18 Å². The lowest BCUT2D eigenvalue weighted by Gasteiger charge is -2.29. The van der Waals surface area contributed by atoms with E-state index in [1.165, 1.54) is 27.5 Å². The van der Waals surface area contributed by atoms with Crippen molar-refractivity contribution in [1.82, 2.24) is 0 Å². The van der Waals surface area contributed by atoms with Crippen LogP contribution in [0.15, 0.2) is 42.5 Å². The van der Waals surface area contributed by atoms with E-state index in [0.29, 0.717) is 11.6 Å². The number of benzene rings is 2.